The van der Waals surface area contributed by atoms with Gasteiger partial charge in [0.1, 0.15) is 67.3 Å². The maximum Gasteiger partial charge on any atom is 0.455 e. The fourth-order valence-electron chi connectivity index (χ4n) is 14.9. The monoisotopic (exact) mass is 1620 g/mol. The summed E-state index contributed by atoms with van der Waals surface area (Å²) >= 11 is 3.64. The number of hydrogen-bond acceptors (Lipinski definition) is 32. The predicted octanol–water partition coefficient (Wildman–Crippen LogP) is 10.3. The minimum atomic E-state index is -5.94. The molecule has 10 aromatic rings. The van der Waals surface area contributed by atoms with E-state index in [4.69, 9.17) is 54.1 Å². The number of nitrogens with one attached hydrogen (secondary N) is 7. The van der Waals surface area contributed by atoms with E-state index in [1.807, 2.05) is 77.2 Å². The molecule has 0 radical (unpaired) electrons. The maximum absolute atomic E-state index is 14.4. The fourth-order valence-corrected chi connectivity index (χ4v) is 18.1. The van der Waals surface area contributed by atoms with Crippen LogP contribution in [-0.2, 0) is 9.53 Å². The Kier molecular flexibility index (Phi) is 23.1. The average Bonchev–Trinajstić information content (AvgIpc) is 1.62. The zero-order chi connectivity index (χ0) is 81.2. The Morgan fingerprint density at radius 2 is 1.19 bits per heavy atom. The van der Waals surface area contributed by atoms with E-state index < -0.39 is 108 Å². The van der Waals surface area contributed by atoms with Crippen molar-refractivity contribution in [3.63, 3.8) is 0 Å². The van der Waals surface area contributed by atoms with Crippen LogP contribution in [0.25, 0.3) is 62.4 Å². The number of thiazole rings is 3. The number of amides is 1. The number of rotatable bonds is 29. The van der Waals surface area contributed by atoms with Crippen molar-refractivity contribution in [2.75, 3.05) is 64.8 Å². The van der Waals surface area contributed by atoms with Gasteiger partial charge in [-0.1, -0.05) is 29.8 Å². The van der Waals surface area contributed by atoms with Gasteiger partial charge in [0.25, 0.3) is 0 Å². The third kappa shape index (κ3) is 16.5. The van der Waals surface area contributed by atoms with Crippen LogP contribution >= 0.6 is 34.0 Å². The molecule has 0 bridgehead atoms. The number of ether oxygens (including phenoxy) is 3. The van der Waals surface area contributed by atoms with Crippen LogP contribution in [0.1, 0.15) is 121 Å². The lowest BCUT2D eigenvalue weighted by Crippen LogP contribution is -2.54. The van der Waals surface area contributed by atoms with Crippen LogP contribution in [0.2, 0.25) is 0 Å². The summed E-state index contributed by atoms with van der Waals surface area (Å²) in [5.41, 5.74) is -2.04. The van der Waals surface area contributed by atoms with E-state index in [1.54, 1.807) is 39.1 Å². The molecule has 1 aromatic carbocycles. The molecule has 13 rings (SSSR count). The number of carbonyl (C=O) groups excluding carboxylic acids is 1. The Balaban J connectivity index is 0.869. The highest BCUT2D eigenvalue weighted by atomic mass is 32.1. The summed E-state index contributed by atoms with van der Waals surface area (Å²) in [6, 6.07) is 12.0. The summed E-state index contributed by atoms with van der Waals surface area (Å²) in [4.78, 5) is 71.3. The van der Waals surface area contributed by atoms with Gasteiger partial charge in [-0.2, -0.15) is 36.9 Å². The van der Waals surface area contributed by atoms with E-state index >= 15 is 0 Å². The smallest absolute Gasteiger partial charge is 0.455 e. The third-order valence-electron chi connectivity index (χ3n) is 21.1. The van der Waals surface area contributed by atoms with Crippen LogP contribution in [0, 0.1) is 52.4 Å². The quantitative estimate of drug-likeness (QED) is 0.0153. The Bertz CT molecular complexity index is 5160. The van der Waals surface area contributed by atoms with Crippen molar-refractivity contribution < 1.29 is 76.7 Å². The summed E-state index contributed by atoms with van der Waals surface area (Å²) < 4.78 is 90.6. The van der Waals surface area contributed by atoms with Crippen LogP contribution in [0.5, 0.6) is 11.8 Å². The zero-order valence-corrected chi connectivity index (χ0v) is 66.3. The van der Waals surface area contributed by atoms with Gasteiger partial charge in [0.15, 0.2) is 23.2 Å². The zero-order valence-electron chi connectivity index (χ0n) is 63.9. The largest absolute Gasteiger partial charge is 0.467 e. The Labute approximate surface area is 657 Å². The number of likely N-dealkylation sites (N-methyl/N-ethyl adjacent to an activating group) is 1. The molecule has 3 aliphatic rings. The van der Waals surface area contributed by atoms with Gasteiger partial charge < -0.3 is 87.2 Å². The predicted molar refractivity (Wildman–Crippen MR) is 418 cm³/mol. The number of aryl methyl sites for hydroxylation is 5. The Hall–Kier alpha value is -9.22. The van der Waals surface area contributed by atoms with Crippen molar-refractivity contribution >= 4 is 106 Å². The second kappa shape index (κ2) is 31.9. The van der Waals surface area contributed by atoms with Crippen molar-refractivity contribution in [1.29, 1.82) is 0 Å². The molecule has 1 unspecified atom stereocenters. The van der Waals surface area contributed by atoms with Crippen LogP contribution in [0.15, 0.2) is 61.1 Å². The van der Waals surface area contributed by atoms with E-state index in [-0.39, 0.29) is 125 Å². The lowest BCUT2D eigenvalue weighted by atomic mass is 9.87. The topological polar surface area (TPSA) is 425 Å². The van der Waals surface area contributed by atoms with Crippen LogP contribution in [0.3, 0.4) is 0 Å². The third-order valence-corrected chi connectivity index (χ3v) is 24.2. The van der Waals surface area contributed by atoms with Gasteiger partial charge in [-0.25, -0.2) is 39.9 Å². The second-order valence-corrected chi connectivity index (χ2v) is 33.0. The first-order valence-electron chi connectivity index (χ1n) is 37.0. The number of pyridine rings is 3. The molecule has 3 saturated carbocycles. The van der Waals surface area contributed by atoms with Gasteiger partial charge >= 0.3 is 12.1 Å². The van der Waals surface area contributed by atoms with Crippen LogP contribution < -0.4 is 46.7 Å². The first kappa shape index (κ1) is 81.8. The van der Waals surface area contributed by atoms with Gasteiger partial charge in [-0.05, 0) is 139 Å². The first-order chi connectivity index (χ1) is 53.4. The van der Waals surface area contributed by atoms with E-state index in [0.29, 0.717) is 49.7 Å². The molecule has 14 N–H and O–H groups in total. The summed E-state index contributed by atoms with van der Waals surface area (Å²) in [6.07, 6.45) is -7.89. The van der Waals surface area contributed by atoms with Gasteiger partial charge in [0, 0.05) is 62.1 Å². The number of benzene rings is 1. The normalized spacial score (nSPS) is 23.6. The highest BCUT2D eigenvalue weighted by molar-refractivity contribution is 7.22. The number of halogens is 5. The SMILES string of the molecule is CCNC(=O)C(O)[C@H]1CC[C@](O)(Nc2nc(N[C@H](C)COCC)nc(C)c2-c2nc3c(O[C@]4(C)[C@H](O)[C@@H](CO)C[C@H]4Nc4nc(N[C@H](C)c5ccc(C)cc5)nc(C)c4-c4nc5c(C)nccc5s4)nccc3s2)[C@@H]1Oc1nccc2sc(-c3c(C)nc(NCC(F)(F)C(F)(F)F)nc3N[C@]3(O)CC[C@H](C(C)(C)O)[C@H]3O)nc12. The molecule has 604 valence electrons. The molecule has 3 fully saturated rings. The molecular weight excluding hydrogens is 1530 g/mol. The van der Waals surface area contributed by atoms with Gasteiger partial charge in [-0.3, -0.25) is 9.78 Å². The second-order valence-electron chi connectivity index (χ2n) is 29.9. The first-order valence-corrected chi connectivity index (χ1v) is 39.4. The van der Waals surface area contributed by atoms with Crippen molar-refractivity contribution in [3.8, 4) is 43.5 Å². The Morgan fingerprint density at radius 3 is 1.77 bits per heavy atom. The van der Waals surface area contributed by atoms with Crippen molar-refractivity contribution in [2.24, 2.45) is 17.8 Å². The lowest BCUT2D eigenvalue weighted by molar-refractivity contribution is -0.275. The molecular formula is C75H90F5N19O11S3. The molecule has 3 aliphatic carbocycles. The van der Waals surface area contributed by atoms with Crippen molar-refractivity contribution in [1.82, 2.24) is 65.1 Å². The summed E-state index contributed by atoms with van der Waals surface area (Å²) in [6.45, 7) is 19.3. The molecule has 9 aromatic heterocycles. The van der Waals surface area contributed by atoms with E-state index in [9.17, 15) is 62.5 Å². The standard InChI is InChI=1S/C75H90F5N19O11S3/c1-13-81-61(104)54(101)42-19-24-73(107,57(42)109-62-52-45(22-27-83-62)112-65(93-52)49-37(7)88-67(85-32-74(76,77)75(78,79)80)96-59(49)98-72(106)25-20-43(56(72)103)70(10,11)105)99-60-50(38(8)89-68(97-60)86-34(4)31-108-14-2)66-94-53-46(113-66)23-28-84-63(53)110-71(12)47(29-41(30-100)55(71)102)91-58-48(64-92-51-39(9)82-26-21-44(51)111-64)36(6)90-69(95-58)87-35(5)40-17-15-33(3)16-18-40/h15-18,21-23,26-28,34-35,41-43,47,54-57,100-103,105-107H,13-14,19-20,24-25,29-32H2,1-12H3,(H,81,104)(H2,85,88,96,98)(H2,86,89,97,99)(H2,87,90,91,95)/t34-,35-,41-,42-,43+,47-,54?,55-,56-,57-,71+,72+,73-/m1/s1. The van der Waals surface area contributed by atoms with Crippen molar-refractivity contribution in [3.05, 3.63) is 95.0 Å². The number of fused-ring (bicyclic) bond motifs is 3. The van der Waals surface area contributed by atoms with Crippen LogP contribution in [-0.4, -0.2) is 206 Å². The van der Waals surface area contributed by atoms with Gasteiger partial charge in [0.2, 0.25) is 35.5 Å². The number of anilines is 6. The average molecular weight is 1620 g/mol. The summed E-state index contributed by atoms with van der Waals surface area (Å²) in [5, 5.41) is 106. The highest BCUT2D eigenvalue weighted by Crippen LogP contribution is 2.50. The molecule has 9 heterocycles. The number of hydrogen-bond donors (Lipinski definition) is 14. The lowest BCUT2D eigenvalue weighted by Gasteiger charge is -2.36. The summed E-state index contributed by atoms with van der Waals surface area (Å²) in [7, 11) is 0. The van der Waals surface area contributed by atoms with Crippen molar-refractivity contribution in [2.45, 2.75) is 192 Å². The molecule has 30 nitrogen and oxygen atoms in total. The minimum Gasteiger partial charge on any atom is -0.467 e. The van der Waals surface area contributed by atoms with Gasteiger partial charge in [-0.15, -0.1) is 34.0 Å². The molecule has 13 atom stereocenters. The maximum atomic E-state index is 14.4. The Morgan fingerprint density at radius 1 is 0.664 bits per heavy atom. The number of carbonyl (C=O) groups is 1. The summed E-state index contributed by atoms with van der Waals surface area (Å²) in [5.74, 6) is -9.36. The number of nitrogens with zero attached hydrogens (tertiary/aromatic N) is 12. The fraction of sp³-hybridized carbons (Fsp3) is 0.507. The van der Waals surface area contributed by atoms with E-state index in [0.717, 1.165) is 38.4 Å². The van der Waals surface area contributed by atoms with Crippen LogP contribution in [0.4, 0.5) is 57.3 Å². The molecule has 0 aliphatic heterocycles. The molecule has 0 spiro atoms. The molecule has 38 heteroatoms. The number of aromatic nitrogens is 12. The number of aliphatic hydroxyl groups excluding tert-OH is 4. The van der Waals surface area contributed by atoms with E-state index in [1.165, 1.54) is 55.8 Å². The molecule has 1 amide bonds. The molecule has 0 saturated heterocycles. The number of alkyl halides is 5. The molecule has 113 heavy (non-hydrogen) atoms. The minimum absolute atomic E-state index is 0.00576. The number of aliphatic hydroxyl groups is 7. The van der Waals surface area contributed by atoms with Gasteiger partial charge in [0.05, 0.1) is 84.4 Å². The van der Waals surface area contributed by atoms with E-state index in [2.05, 4.69) is 51.8 Å². The highest BCUT2D eigenvalue weighted by Gasteiger charge is 2.59.